The van der Waals surface area contributed by atoms with E-state index >= 15 is 0 Å². The fraction of sp³-hybridized carbons (Fsp3) is 0.333. The van der Waals surface area contributed by atoms with Crippen molar-refractivity contribution in [2.75, 3.05) is 10.8 Å². The van der Waals surface area contributed by atoms with E-state index in [0.717, 1.165) is 12.1 Å². The van der Waals surface area contributed by atoms with E-state index < -0.39 is 57.4 Å². The molecule has 0 aliphatic heterocycles. The van der Waals surface area contributed by atoms with Crippen LogP contribution in [0.25, 0.3) is 0 Å². The third-order valence-corrected chi connectivity index (χ3v) is 8.65. The fourth-order valence-electron chi connectivity index (χ4n) is 4.27. The summed E-state index contributed by atoms with van der Waals surface area (Å²) >= 11 is 12.3. The molecule has 0 aliphatic carbocycles. The van der Waals surface area contributed by atoms with Gasteiger partial charge >= 0.3 is 6.18 Å². The molecule has 2 amide bonds. The van der Waals surface area contributed by atoms with Crippen molar-refractivity contribution in [1.82, 2.24) is 10.2 Å². The summed E-state index contributed by atoms with van der Waals surface area (Å²) in [5, 5.41) is 2.97. The van der Waals surface area contributed by atoms with Crippen molar-refractivity contribution in [3.8, 4) is 0 Å². The molecular formula is C30H32Cl2F3N3O4S. The molecule has 0 spiro atoms. The molecule has 3 aromatic rings. The van der Waals surface area contributed by atoms with Crippen LogP contribution in [-0.4, -0.2) is 43.3 Å². The van der Waals surface area contributed by atoms with Gasteiger partial charge in [0.2, 0.25) is 11.8 Å². The maximum Gasteiger partial charge on any atom is 0.416 e. The quantitative estimate of drug-likeness (QED) is 0.256. The Morgan fingerprint density at radius 3 is 2.07 bits per heavy atom. The van der Waals surface area contributed by atoms with Crippen molar-refractivity contribution in [3.63, 3.8) is 0 Å². The van der Waals surface area contributed by atoms with E-state index in [-0.39, 0.29) is 22.9 Å². The standard InChI is InChI=1S/C30H32Cl2F3N3O4S/c1-5-25(28(40)36-29(2,3)4)37(18-20-11-14-22(31)15-12-20)27(39)19-38(43(41,42)23-9-7-6-8-10-23)26-17-21(30(33,34)35)13-16-24(26)32/h6-17,25H,5,18-19H2,1-4H3,(H,36,40)/t25-/m1/s1. The number of hydrogen-bond donors (Lipinski definition) is 1. The van der Waals surface area contributed by atoms with E-state index in [2.05, 4.69) is 5.32 Å². The van der Waals surface area contributed by atoms with E-state index in [1.165, 1.54) is 29.2 Å². The van der Waals surface area contributed by atoms with Gasteiger partial charge in [0.05, 0.1) is 21.2 Å². The van der Waals surface area contributed by atoms with Crippen LogP contribution in [0, 0.1) is 0 Å². The summed E-state index contributed by atoms with van der Waals surface area (Å²) in [5.41, 5.74) is -1.74. The van der Waals surface area contributed by atoms with Crippen LogP contribution in [0.3, 0.4) is 0 Å². The molecule has 13 heteroatoms. The van der Waals surface area contributed by atoms with E-state index in [0.29, 0.717) is 21.0 Å². The van der Waals surface area contributed by atoms with Gasteiger partial charge < -0.3 is 10.2 Å². The van der Waals surface area contributed by atoms with Gasteiger partial charge in [-0.25, -0.2) is 8.42 Å². The van der Waals surface area contributed by atoms with Crippen LogP contribution in [0.5, 0.6) is 0 Å². The lowest BCUT2D eigenvalue weighted by molar-refractivity contribution is -0.141. The number of benzene rings is 3. The van der Waals surface area contributed by atoms with Gasteiger partial charge in [-0.2, -0.15) is 13.2 Å². The zero-order valence-electron chi connectivity index (χ0n) is 24.0. The van der Waals surface area contributed by atoms with Gasteiger partial charge in [-0.3, -0.25) is 13.9 Å². The first-order valence-electron chi connectivity index (χ1n) is 13.2. The van der Waals surface area contributed by atoms with Crippen LogP contribution in [0.1, 0.15) is 45.2 Å². The molecule has 0 saturated heterocycles. The molecule has 1 N–H and O–H groups in total. The molecule has 0 saturated carbocycles. The van der Waals surface area contributed by atoms with E-state index in [9.17, 15) is 31.2 Å². The minimum Gasteiger partial charge on any atom is -0.350 e. The first kappa shape index (κ1) is 34.2. The lowest BCUT2D eigenvalue weighted by Gasteiger charge is -2.35. The van der Waals surface area contributed by atoms with Gasteiger partial charge in [0.1, 0.15) is 12.6 Å². The molecule has 43 heavy (non-hydrogen) atoms. The van der Waals surface area contributed by atoms with Crippen molar-refractivity contribution in [2.24, 2.45) is 0 Å². The molecule has 1 atom stereocenters. The van der Waals surface area contributed by atoms with E-state index in [4.69, 9.17) is 23.2 Å². The third-order valence-electron chi connectivity index (χ3n) is 6.30. The Labute approximate surface area is 259 Å². The number of carbonyl (C=O) groups is 2. The lowest BCUT2D eigenvalue weighted by Crippen LogP contribution is -2.55. The summed E-state index contributed by atoms with van der Waals surface area (Å²) < 4.78 is 69.4. The fourth-order valence-corrected chi connectivity index (χ4v) is 6.11. The van der Waals surface area contributed by atoms with Gasteiger partial charge in [0.15, 0.2) is 0 Å². The second kappa shape index (κ2) is 13.6. The number of carbonyl (C=O) groups excluding carboxylic acids is 2. The van der Waals surface area contributed by atoms with Gasteiger partial charge in [-0.05, 0) is 75.2 Å². The highest BCUT2D eigenvalue weighted by molar-refractivity contribution is 7.92. The molecule has 232 valence electrons. The number of nitrogens with zero attached hydrogens (tertiary/aromatic N) is 2. The van der Waals surface area contributed by atoms with Crippen LogP contribution in [0.4, 0.5) is 18.9 Å². The van der Waals surface area contributed by atoms with Crippen LogP contribution < -0.4 is 9.62 Å². The molecule has 0 aliphatic rings. The summed E-state index contributed by atoms with van der Waals surface area (Å²) in [6.07, 6.45) is -4.65. The number of nitrogens with one attached hydrogen (secondary N) is 1. The Morgan fingerprint density at radius 1 is 0.930 bits per heavy atom. The highest BCUT2D eigenvalue weighted by Crippen LogP contribution is 2.37. The number of anilines is 1. The third kappa shape index (κ3) is 8.87. The molecule has 0 fully saturated rings. The van der Waals surface area contributed by atoms with Crippen molar-refractivity contribution < 1.29 is 31.2 Å². The Bertz CT molecular complexity index is 1550. The summed E-state index contributed by atoms with van der Waals surface area (Å²) in [6, 6.07) is 14.7. The average Bonchev–Trinajstić information content (AvgIpc) is 2.92. The molecule has 3 aromatic carbocycles. The summed E-state index contributed by atoms with van der Waals surface area (Å²) in [7, 11) is -4.61. The summed E-state index contributed by atoms with van der Waals surface area (Å²) in [5.74, 6) is -1.31. The van der Waals surface area contributed by atoms with Crippen LogP contribution in [-0.2, 0) is 32.3 Å². The topological polar surface area (TPSA) is 86.8 Å². The van der Waals surface area contributed by atoms with E-state index in [1.807, 2.05) is 0 Å². The van der Waals surface area contributed by atoms with Gasteiger partial charge in [-0.15, -0.1) is 0 Å². The van der Waals surface area contributed by atoms with Gasteiger partial charge in [0.25, 0.3) is 10.0 Å². The van der Waals surface area contributed by atoms with E-state index in [1.54, 1.807) is 58.0 Å². The maximum absolute atomic E-state index is 14.1. The Balaban J connectivity index is 2.16. The number of halogens is 5. The molecule has 0 unspecified atom stereocenters. The highest BCUT2D eigenvalue weighted by atomic mass is 35.5. The normalized spacial score (nSPS) is 12.9. The first-order chi connectivity index (χ1) is 19.9. The largest absolute Gasteiger partial charge is 0.416 e. The Kier molecular flexibility index (Phi) is 10.8. The van der Waals surface area contributed by atoms with Gasteiger partial charge in [0, 0.05) is 17.1 Å². The molecule has 0 heterocycles. The average molecular weight is 659 g/mol. The monoisotopic (exact) mass is 657 g/mol. The number of amides is 2. The second-order valence-corrected chi connectivity index (χ2v) is 13.5. The molecular weight excluding hydrogens is 626 g/mol. The van der Waals surface area contributed by atoms with Crippen molar-refractivity contribution in [3.05, 3.63) is 94.0 Å². The second-order valence-electron chi connectivity index (χ2n) is 10.8. The lowest BCUT2D eigenvalue weighted by atomic mass is 10.1. The maximum atomic E-state index is 14.1. The van der Waals surface area contributed by atoms with Crippen molar-refractivity contribution in [2.45, 2.75) is 63.3 Å². The first-order valence-corrected chi connectivity index (χ1v) is 15.4. The zero-order valence-corrected chi connectivity index (χ0v) is 26.3. The Hall–Kier alpha value is -3.28. The summed E-state index contributed by atoms with van der Waals surface area (Å²) in [4.78, 5) is 28.4. The highest BCUT2D eigenvalue weighted by Gasteiger charge is 2.37. The van der Waals surface area contributed by atoms with Crippen LogP contribution in [0.15, 0.2) is 77.7 Å². The number of hydrogen-bond acceptors (Lipinski definition) is 4. The van der Waals surface area contributed by atoms with Crippen molar-refractivity contribution in [1.29, 1.82) is 0 Å². The molecule has 3 rings (SSSR count). The van der Waals surface area contributed by atoms with Gasteiger partial charge in [-0.1, -0.05) is 60.5 Å². The smallest absolute Gasteiger partial charge is 0.350 e. The molecule has 0 bridgehead atoms. The predicted octanol–water partition coefficient (Wildman–Crippen LogP) is 6.93. The van der Waals surface area contributed by atoms with Crippen LogP contribution >= 0.6 is 23.2 Å². The molecule has 7 nitrogen and oxygen atoms in total. The van der Waals surface area contributed by atoms with Crippen molar-refractivity contribution >= 4 is 50.7 Å². The minimum atomic E-state index is -4.81. The predicted molar refractivity (Wildman–Crippen MR) is 161 cm³/mol. The number of sulfonamides is 1. The minimum absolute atomic E-state index is 0.110. The number of alkyl halides is 3. The molecule has 0 aromatic heterocycles. The molecule has 0 radical (unpaired) electrons. The van der Waals surface area contributed by atoms with Crippen LogP contribution in [0.2, 0.25) is 10.0 Å². The zero-order chi connectivity index (χ0) is 32.2. The number of rotatable bonds is 10. The Morgan fingerprint density at radius 2 is 1.53 bits per heavy atom. The SMILES string of the molecule is CC[C@H](C(=O)NC(C)(C)C)N(Cc1ccc(Cl)cc1)C(=O)CN(c1cc(C(F)(F)F)ccc1Cl)S(=O)(=O)c1ccccc1. The summed E-state index contributed by atoms with van der Waals surface area (Å²) in [6.45, 7) is 5.95.